The smallest absolute Gasteiger partial charge is 0.254 e. The van der Waals surface area contributed by atoms with E-state index in [-0.39, 0.29) is 11.5 Å². The van der Waals surface area contributed by atoms with Crippen LogP contribution in [-0.4, -0.2) is 32.5 Å². The SMILES string of the molecule is COc1ccc(/C=N\Nc2c(F)c(F)nc(F)c2F)c(OC)c1OC. The van der Waals surface area contributed by atoms with Crippen molar-refractivity contribution in [1.82, 2.24) is 4.98 Å². The van der Waals surface area contributed by atoms with Crippen LogP contribution in [0.4, 0.5) is 23.2 Å². The van der Waals surface area contributed by atoms with Crippen molar-refractivity contribution in [2.45, 2.75) is 0 Å². The third-order valence-electron chi connectivity index (χ3n) is 3.11. The normalized spacial score (nSPS) is 10.8. The Balaban J connectivity index is 2.36. The van der Waals surface area contributed by atoms with Crippen molar-refractivity contribution < 1.29 is 31.8 Å². The zero-order valence-electron chi connectivity index (χ0n) is 13.4. The topological polar surface area (TPSA) is 65.0 Å². The standard InChI is InChI=1S/C15H13F4N3O3/c1-23-8-5-4-7(12(24-2)13(8)25-3)6-20-22-11-9(16)14(18)21-15(19)10(11)17/h4-6H,1-3H3,(H,21,22)/b20-6-. The van der Waals surface area contributed by atoms with Gasteiger partial charge in [-0.3, -0.25) is 5.43 Å². The number of benzene rings is 1. The van der Waals surface area contributed by atoms with Crippen LogP contribution in [-0.2, 0) is 0 Å². The second-order valence-electron chi connectivity index (χ2n) is 4.49. The number of pyridine rings is 1. The van der Waals surface area contributed by atoms with Crippen LogP contribution in [0.25, 0.3) is 0 Å². The Bertz CT molecular complexity index is 789. The molecule has 0 aliphatic heterocycles. The molecule has 0 amide bonds. The molecule has 2 aromatic rings. The molecule has 10 heteroatoms. The van der Waals surface area contributed by atoms with E-state index >= 15 is 0 Å². The van der Waals surface area contributed by atoms with Gasteiger partial charge in [-0.1, -0.05) is 0 Å². The van der Waals surface area contributed by atoms with Gasteiger partial charge in [-0.25, -0.2) is 0 Å². The maximum absolute atomic E-state index is 13.5. The first kappa shape index (κ1) is 18.3. The molecule has 1 heterocycles. The Morgan fingerprint density at radius 2 is 1.52 bits per heavy atom. The lowest BCUT2D eigenvalue weighted by Crippen LogP contribution is -2.06. The first-order valence-corrected chi connectivity index (χ1v) is 6.72. The molecule has 6 nitrogen and oxygen atoms in total. The summed E-state index contributed by atoms with van der Waals surface area (Å²) in [6.07, 6.45) is 1.12. The van der Waals surface area contributed by atoms with Crippen molar-refractivity contribution >= 4 is 11.9 Å². The summed E-state index contributed by atoms with van der Waals surface area (Å²) in [6.45, 7) is 0. The van der Waals surface area contributed by atoms with Crippen LogP contribution >= 0.6 is 0 Å². The maximum Gasteiger partial charge on any atom is 0.254 e. The van der Waals surface area contributed by atoms with E-state index in [0.717, 1.165) is 6.21 Å². The van der Waals surface area contributed by atoms with Gasteiger partial charge in [0.2, 0.25) is 17.4 Å². The Morgan fingerprint density at radius 1 is 0.920 bits per heavy atom. The number of halogens is 4. The number of aromatic nitrogens is 1. The molecule has 1 aromatic heterocycles. The van der Waals surface area contributed by atoms with E-state index in [4.69, 9.17) is 14.2 Å². The van der Waals surface area contributed by atoms with Gasteiger partial charge in [0, 0.05) is 5.56 Å². The fraction of sp³-hybridized carbons (Fsp3) is 0.200. The largest absolute Gasteiger partial charge is 0.493 e. The van der Waals surface area contributed by atoms with Crippen LogP contribution < -0.4 is 19.6 Å². The van der Waals surface area contributed by atoms with Crippen molar-refractivity contribution in [2.24, 2.45) is 5.10 Å². The monoisotopic (exact) mass is 359 g/mol. The Hall–Kier alpha value is -3.04. The average molecular weight is 359 g/mol. The van der Waals surface area contributed by atoms with Gasteiger partial charge in [0.1, 0.15) is 5.69 Å². The van der Waals surface area contributed by atoms with Crippen LogP contribution in [0.15, 0.2) is 17.2 Å². The van der Waals surface area contributed by atoms with Gasteiger partial charge in [0.25, 0.3) is 11.9 Å². The maximum atomic E-state index is 13.5. The minimum atomic E-state index is -1.79. The van der Waals surface area contributed by atoms with E-state index in [1.54, 1.807) is 6.07 Å². The summed E-state index contributed by atoms with van der Waals surface area (Å²) in [5.74, 6) is -6.08. The molecule has 0 saturated heterocycles. The molecule has 0 saturated carbocycles. The van der Waals surface area contributed by atoms with E-state index in [1.807, 2.05) is 5.43 Å². The molecular weight excluding hydrogens is 346 g/mol. The molecule has 0 atom stereocenters. The molecule has 0 aliphatic rings. The second kappa shape index (κ2) is 7.69. The number of nitrogens with zero attached hydrogens (tertiary/aromatic N) is 2. The fourth-order valence-corrected chi connectivity index (χ4v) is 1.98. The molecule has 2 rings (SSSR count). The Morgan fingerprint density at radius 3 is 2.04 bits per heavy atom. The van der Waals surface area contributed by atoms with Crippen molar-refractivity contribution in [3.05, 3.63) is 41.2 Å². The van der Waals surface area contributed by atoms with Crippen molar-refractivity contribution in [3.8, 4) is 17.2 Å². The predicted molar refractivity (Wildman–Crippen MR) is 81.4 cm³/mol. The molecule has 1 N–H and O–H groups in total. The zero-order valence-corrected chi connectivity index (χ0v) is 13.4. The summed E-state index contributed by atoms with van der Waals surface area (Å²) < 4.78 is 68.5. The first-order chi connectivity index (χ1) is 11.9. The minimum Gasteiger partial charge on any atom is -0.493 e. The molecular formula is C15H13F4N3O3. The second-order valence-corrected chi connectivity index (χ2v) is 4.49. The van der Waals surface area contributed by atoms with Crippen LogP contribution in [0.3, 0.4) is 0 Å². The van der Waals surface area contributed by atoms with E-state index in [0.29, 0.717) is 11.3 Å². The number of hydrazone groups is 1. The number of rotatable bonds is 6. The van der Waals surface area contributed by atoms with Crippen molar-refractivity contribution in [1.29, 1.82) is 0 Å². The van der Waals surface area contributed by atoms with Gasteiger partial charge in [0.05, 0.1) is 27.5 Å². The number of hydrogen-bond acceptors (Lipinski definition) is 6. The Kier molecular flexibility index (Phi) is 5.63. The van der Waals surface area contributed by atoms with E-state index in [9.17, 15) is 17.6 Å². The minimum absolute atomic E-state index is 0.237. The number of nitrogens with one attached hydrogen (secondary N) is 1. The van der Waals surface area contributed by atoms with Gasteiger partial charge < -0.3 is 14.2 Å². The van der Waals surface area contributed by atoms with E-state index in [1.165, 1.54) is 27.4 Å². The molecule has 0 bridgehead atoms. The third-order valence-corrected chi connectivity index (χ3v) is 3.11. The predicted octanol–water partition coefficient (Wildman–Crippen LogP) is 3.11. The third kappa shape index (κ3) is 3.57. The van der Waals surface area contributed by atoms with Gasteiger partial charge in [-0.2, -0.15) is 27.6 Å². The molecule has 0 spiro atoms. The van der Waals surface area contributed by atoms with E-state index in [2.05, 4.69) is 10.1 Å². The highest BCUT2D eigenvalue weighted by Crippen LogP contribution is 2.39. The van der Waals surface area contributed by atoms with Crippen LogP contribution in [0, 0.1) is 23.5 Å². The van der Waals surface area contributed by atoms with Gasteiger partial charge in [-0.05, 0) is 12.1 Å². The lowest BCUT2D eigenvalue weighted by molar-refractivity contribution is 0.324. The lowest BCUT2D eigenvalue weighted by Gasteiger charge is -2.13. The first-order valence-electron chi connectivity index (χ1n) is 6.72. The van der Waals surface area contributed by atoms with Crippen LogP contribution in [0.5, 0.6) is 17.2 Å². The van der Waals surface area contributed by atoms with E-state index < -0.39 is 29.2 Å². The Labute approximate surface area is 140 Å². The molecule has 134 valence electrons. The van der Waals surface area contributed by atoms with Crippen molar-refractivity contribution in [2.75, 3.05) is 26.8 Å². The van der Waals surface area contributed by atoms with Crippen LogP contribution in [0.1, 0.15) is 5.56 Å². The van der Waals surface area contributed by atoms with Crippen molar-refractivity contribution in [3.63, 3.8) is 0 Å². The van der Waals surface area contributed by atoms with Gasteiger partial charge in [-0.15, -0.1) is 0 Å². The lowest BCUT2D eigenvalue weighted by atomic mass is 10.2. The van der Waals surface area contributed by atoms with Gasteiger partial charge in [0.15, 0.2) is 11.5 Å². The average Bonchev–Trinajstić information content (AvgIpc) is 2.61. The highest BCUT2D eigenvalue weighted by Gasteiger charge is 2.20. The van der Waals surface area contributed by atoms with Gasteiger partial charge >= 0.3 is 0 Å². The molecule has 1 aromatic carbocycles. The molecule has 0 radical (unpaired) electrons. The molecule has 0 aliphatic carbocycles. The summed E-state index contributed by atoms with van der Waals surface area (Å²) in [5, 5.41) is 3.56. The molecule has 0 unspecified atom stereocenters. The van der Waals surface area contributed by atoms with Crippen LogP contribution in [0.2, 0.25) is 0 Å². The molecule has 0 fully saturated rings. The number of ether oxygens (including phenoxy) is 3. The molecule has 25 heavy (non-hydrogen) atoms. The summed E-state index contributed by atoms with van der Waals surface area (Å²) >= 11 is 0. The quantitative estimate of drug-likeness (QED) is 0.372. The number of anilines is 1. The fourth-order valence-electron chi connectivity index (χ4n) is 1.98. The zero-order chi connectivity index (χ0) is 18.6. The summed E-state index contributed by atoms with van der Waals surface area (Å²) in [7, 11) is 4.20. The summed E-state index contributed by atoms with van der Waals surface area (Å²) in [5.41, 5.74) is 1.14. The highest BCUT2D eigenvalue weighted by atomic mass is 19.2. The number of methoxy groups -OCH3 is 3. The number of hydrogen-bond donors (Lipinski definition) is 1. The summed E-state index contributed by atoms with van der Waals surface area (Å²) in [4.78, 5) is 2.44. The highest BCUT2D eigenvalue weighted by molar-refractivity contribution is 5.86. The summed E-state index contributed by atoms with van der Waals surface area (Å²) in [6, 6.07) is 3.08.